The molecular weight excluding hydrogens is 410 g/mol. The van der Waals surface area contributed by atoms with Gasteiger partial charge in [0.15, 0.2) is 5.82 Å². The van der Waals surface area contributed by atoms with Crippen molar-refractivity contribution in [3.05, 3.63) is 89.6 Å². The fourth-order valence-corrected chi connectivity index (χ4v) is 4.29. The van der Waals surface area contributed by atoms with Gasteiger partial charge in [0.05, 0.1) is 30.9 Å². The molecule has 0 N–H and O–H groups in total. The molecule has 3 aromatic rings. The first-order valence-corrected chi connectivity index (χ1v) is 11.1. The van der Waals surface area contributed by atoms with Gasteiger partial charge in [-0.15, -0.1) is 10.2 Å². The Labute approximate surface area is 193 Å². The average Bonchev–Trinajstić information content (AvgIpc) is 3.44. The predicted octanol–water partition coefficient (Wildman–Crippen LogP) is 5.78. The predicted molar refractivity (Wildman–Crippen MR) is 130 cm³/mol. The van der Waals surface area contributed by atoms with Gasteiger partial charge >= 0.3 is 0 Å². The molecular formula is C27H27N5O. The lowest BCUT2D eigenvalue weighted by Crippen LogP contribution is -2.11. The number of rotatable bonds is 5. The van der Waals surface area contributed by atoms with Crippen LogP contribution in [0.3, 0.4) is 0 Å². The van der Waals surface area contributed by atoms with Gasteiger partial charge in [0, 0.05) is 23.5 Å². The summed E-state index contributed by atoms with van der Waals surface area (Å²) in [5.41, 5.74) is 8.40. The molecule has 0 unspecified atom stereocenters. The van der Waals surface area contributed by atoms with E-state index in [-0.39, 0.29) is 6.04 Å². The second-order valence-electron chi connectivity index (χ2n) is 8.61. The first-order chi connectivity index (χ1) is 15.9. The lowest BCUT2D eigenvalue weighted by atomic mass is 10.0. The molecule has 166 valence electrons. The van der Waals surface area contributed by atoms with E-state index < -0.39 is 0 Å². The molecule has 33 heavy (non-hydrogen) atoms. The smallest absolute Gasteiger partial charge is 0.165 e. The fourth-order valence-electron chi connectivity index (χ4n) is 4.29. The monoisotopic (exact) mass is 437 g/mol. The maximum Gasteiger partial charge on any atom is 0.165 e. The Morgan fingerprint density at radius 3 is 2.36 bits per heavy atom. The van der Waals surface area contributed by atoms with Crippen LogP contribution in [0.2, 0.25) is 0 Å². The van der Waals surface area contributed by atoms with Crippen molar-refractivity contribution in [3.63, 3.8) is 0 Å². The minimum Gasteiger partial charge on any atom is -0.495 e. The van der Waals surface area contributed by atoms with Gasteiger partial charge in [-0.3, -0.25) is 0 Å². The van der Waals surface area contributed by atoms with Gasteiger partial charge in [-0.1, -0.05) is 35.9 Å². The molecule has 1 atom stereocenters. The molecule has 0 aliphatic carbocycles. The number of hydrogen-bond acceptors (Lipinski definition) is 4. The Hall–Kier alpha value is -3.93. The van der Waals surface area contributed by atoms with Gasteiger partial charge in [-0.25, -0.2) is 4.98 Å². The van der Waals surface area contributed by atoms with Crippen LogP contribution in [0, 0.1) is 20.8 Å². The zero-order valence-corrected chi connectivity index (χ0v) is 19.6. The minimum atomic E-state index is 0.138. The van der Waals surface area contributed by atoms with E-state index in [0.717, 1.165) is 45.3 Å². The van der Waals surface area contributed by atoms with Gasteiger partial charge in [0.2, 0.25) is 0 Å². The lowest BCUT2D eigenvalue weighted by Gasteiger charge is -2.21. The Morgan fingerprint density at radius 2 is 1.67 bits per heavy atom. The Kier molecular flexibility index (Phi) is 5.21. The number of aromatic nitrogens is 5. The standard InChI is InChI=1S/C27H27N5O/c1-17-6-8-21(9-7-17)20(4)32-14-18(2)12-23-26(29-30-27(23)32)22-10-11-24(25(13-22)33-5)31-15-19(3)28-16-31/h6-16,20H,1-5H3/t20-/m0/s1. The van der Waals surface area contributed by atoms with Gasteiger partial charge < -0.3 is 13.9 Å². The van der Waals surface area contributed by atoms with Crippen molar-refractivity contribution in [3.8, 4) is 34.1 Å². The van der Waals surface area contributed by atoms with Crippen LogP contribution in [0.25, 0.3) is 28.3 Å². The number of pyridine rings is 1. The number of methoxy groups -OCH3 is 1. The van der Waals surface area contributed by atoms with E-state index in [4.69, 9.17) is 4.74 Å². The lowest BCUT2D eigenvalue weighted by molar-refractivity contribution is 0.413. The van der Waals surface area contributed by atoms with Crippen LogP contribution in [0.4, 0.5) is 0 Å². The molecule has 2 aliphatic rings. The third kappa shape index (κ3) is 3.78. The van der Waals surface area contributed by atoms with Crippen LogP contribution >= 0.6 is 0 Å². The largest absolute Gasteiger partial charge is 0.495 e. The molecule has 0 bridgehead atoms. The highest BCUT2D eigenvalue weighted by molar-refractivity contribution is 5.80. The van der Waals surface area contributed by atoms with Crippen LogP contribution in [-0.4, -0.2) is 31.4 Å². The van der Waals surface area contributed by atoms with Crippen LogP contribution in [-0.2, 0) is 0 Å². The zero-order valence-electron chi connectivity index (χ0n) is 19.6. The summed E-state index contributed by atoms with van der Waals surface area (Å²) in [5.74, 6) is 1.63. The van der Waals surface area contributed by atoms with E-state index in [0.29, 0.717) is 0 Å². The van der Waals surface area contributed by atoms with Crippen LogP contribution in [0.15, 0.2) is 67.3 Å². The summed E-state index contributed by atoms with van der Waals surface area (Å²) < 4.78 is 9.89. The molecule has 0 saturated heterocycles. The van der Waals surface area contributed by atoms with Crippen molar-refractivity contribution in [2.45, 2.75) is 33.7 Å². The number of ether oxygens (including phenoxy) is 1. The van der Waals surface area contributed by atoms with E-state index in [1.807, 2.05) is 29.8 Å². The topological polar surface area (TPSA) is 57.8 Å². The maximum absolute atomic E-state index is 5.71. The highest BCUT2D eigenvalue weighted by Crippen LogP contribution is 2.37. The summed E-state index contributed by atoms with van der Waals surface area (Å²) in [5, 5.41) is 9.19. The van der Waals surface area contributed by atoms with Gasteiger partial charge in [-0.05, 0) is 57.0 Å². The normalized spacial score (nSPS) is 12.3. The van der Waals surface area contributed by atoms with Crippen molar-refractivity contribution in [1.82, 2.24) is 24.3 Å². The van der Waals surface area contributed by atoms with Gasteiger partial charge in [0.1, 0.15) is 11.4 Å². The molecule has 0 saturated carbocycles. The summed E-state index contributed by atoms with van der Waals surface area (Å²) in [4.78, 5) is 4.33. The molecule has 5 rings (SSSR count). The molecule has 6 nitrogen and oxygen atoms in total. The van der Waals surface area contributed by atoms with E-state index >= 15 is 0 Å². The number of nitrogens with zero attached hydrogens (tertiary/aromatic N) is 5. The Balaban J connectivity index is 1.57. The zero-order chi connectivity index (χ0) is 23.1. The highest BCUT2D eigenvalue weighted by Gasteiger charge is 2.22. The third-order valence-corrected chi connectivity index (χ3v) is 6.12. The molecule has 1 aromatic heterocycles. The number of aryl methyl sites for hydroxylation is 3. The summed E-state index contributed by atoms with van der Waals surface area (Å²) >= 11 is 0. The summed E-state index contributed by atoms with van der Waals surface area (Å²) in [6.07, 6.45) is 5.92. The molecule has 0 radical (unpaired) electrons. The van der Waals surface area contributed by atoms with Crippen molar-refractivity contribution in [1.29, 1.82) is 0 Å². The average molecular weight is 438 g/mol. The number of imidazole rings is 1. The van der Waals surface area contributed by atoms with Crippen molar-refractivity contribution in [2.24, 2.45) is 0 Å². The van der Waals surface area contributed by atoms with E-state index in [1.54, 1.807) is 13.4 Å². The van der Waals surface area contributed by atoms with E-state index in [1.165, 1.54) is 11.1 Å². The Morgan fingerprint density at radius 1 is 0.879 bits per heavy atom. The maximum atomic E-state index is 5.71. The molecule has 0 amide bonds. The number of fused-ring (bicyclic) bond motifs is 1. The number of benzene rings is 2. The quantitative estimate of drug-likeness (QED) is 0.350. The molecule has 0 fully saturated rings. The van der Waals surface area contributed by atoms with E-state index in [2.05, 4.69) is 83.1 Å². The molecule has 2 aromatic carbocycles. The summed E-state index contributed by atoms with van der Waals surface area (Å²) in [6, 6.07) is 17.1. The van der Waals surface area contributed by atoms with Crippen molar-refractivity contribution in [2.75, 3.05) is 7.11 Å². The SMILES string of the molecule is COc1cc(-c2nnc3n([C@@H](C)c4ccc(C)cc4)cc(C)cc2-3)ccc1-n1cnc(C)c1. The third-order valence-electron chi connectivity index (χ3n) is 6.12. The first kappa shape index (κ1) is 20.9. The molecule has 6 heteroatoms. The van der Waals surface area contributed by atoms with Gasteiger partial charge in [-0.2, -0.15) is 0 Å². The van der Waals surface area contributed by atoms with Gasteiger partial charge in [0.25, 0.3) is 0 Å². The molecule has 3 heterocycles. The second-order valence-corrected chi connectivity index (χ2v) is 8.61. The van der Waals surface area contributed by atoms with E-state index in [9.17, 15) is 0 Å². The fraction of sp³-hybridized carbons (Fsp3) is 0.222. The summed E-state index contributed by atoms with van der Waals surface area (Å²) in [7, 11) is 1.68. The van der Waals surface area contributed by atoms with Crippen LogP contribution in [0.1, 0.15) is 35.3 Å². The first-order valence-electron chi connectivity index (χ1n) is 11.1. The minimum absolute atomic E-state index is 0.138. The highest BCUT2D eigenvalue weighted by atomic mass is 16.5. The number of hydrogen-bond donors (Lipinski definition) is 0. The summed E-state index contributed by atoms with van der Waals surface area (Å²) in [6.45, 7) is 8.38. The van der Waals surface area contributed by atoms with Crippen molar-refractivity contribution >= 4 is 0 Å². The van der Waals surface area contributed by atoms with Crippen LogP contribution in [0.5, 0.6) is 5.75 Å². The van der Waals surface area contributed by atoms with Crippen molar-refractivity contribution < 1.29 is 4.74 Å². The Bertz CT molecular complexity index is 1400. The second kappa shape index (κ2) is 8.20. The molecule has 2 aliphatic heterocycles. The van der Waals surface area contributed by atoms with Crippen LogP contribution < -0.4 is 4.74 Å². The molecule has 0 spiro atoms.